The Hall–Kier alpha value is 0.140. The largest absolute Gasteiger partial charge is 0.248 e. The van der Waals surface area contributed by atoms with Crippen molar-refractivity contribution in [2.45, 2.75) is 84.1 Å². The second kappa shape index (κ2) is 9.22. The van der Waals surface area contributed by atoms with Gasteiger partial charge in [-0.2, -0.15) is 0 Å². The standard InChI is InChI=1S/C15H27Cl2F2N/c1-5-10-15(18,19)12-9-13(2)8-6-7-11-14(3,4)20(16)17/h8H,5-7,9-12H2,1-4H3/b13-8+. The monoisotopic (exact) mass is 329 g/mol. The maximum absolute atomic E-state index is 13.4. The van der Waals surface area contributed by atoms with Crippen LogP contribution in [-0.4, -0.2) is 15.4 Å². The zero-order valence-corrected chi connectivity index (χ0v) is 14.5. The van der Waals surface area contributed by atoms with E-state index in [0.29, 0.717) is 12.8 Å². The Balaban J connectivity index is 3.98. The zero-order valence-electron chi connectivity index (χ0n) is 13.0. The Bertz CT molecular complexity index is 302. The molecular formula is C15H27Cl2F2N. The highest BCUT2D eigenvalue weighted by molar-refractivity contribution is 6.34. The van der Waals surface area contributed by atoms with Crippen molar-refractivity contribution in [3.05, 3.63) is 11.6 Å². The van der Waals surface area contributed by atoms with E-state index in [4.69, 9.17) is 23.6 Å². The molecule has 0 rings (SSSR count). The summed E-state index contributed by atoms with van der Waals surface area (Å²) >= 11 is 11.5. The maximum Gasteiger partial charge on any atom is 0.248 e. The predicted molar refractivity (Wildman–Crippen MR) is 84.3 cm³/mol. The van der Waals surface area contributed by atoms with Crippen LogP contribution in [0.25, 0.3) is 0 Å². The molecule has 0 aromatic rings. The Morgan fingerprint density at radius 3 is 2.25 bits per heavy atom. The lowest BCUT2D eigenvalue weighted by molar-refractivity contribution is -0.0163. The van der Waals surface area contributed by atoms with E-state index in [9.17, 15) is 8.78 Å². The Morgan fingerprint density at radius 1 is 1.15 bits per heavy atom. The van der Waals surface area contributed by atoms with Gasteiger partial charge in [0.2, 0.25) is 5.92 Å². The number of hydrogen-bond donors (Lipinski definition) is 0. The Kier molecular flexibility index (Phi) is 9.28. The highest BCUT2D eigenvalue weighted by Gasteiger charge is 2.26. The van der Waals surface area contributed by atoms with Gasteiger partial charge in [0.05, 0.1) is 0 Å². The van der Waals surface area contributed by atoms with Crippen molar-refractivity contribution >= 4 is 23.6 Å². The molecule has 0 saturated heterocycles. The van der Waals surface area contributed by atoms with Gasteiger partial charge in [0, 0.05) is 18.4 Å². The average Bonchev–Trinajstić information content (AvgIpc) is 2.32. The summed E-state index contributed by atoms with van der Waals surface area (Å²) in [6.07, 6.45) is 5.63. The number of allylic oxidation sites excluding steroid dienone is 2. The normalized spacial score (nSPS) is 14.2. The molecule has 0 heterocycles. The van der Waals surface area contributed by atoms with E-state index >= 15 is 0 Å². The van der Waals surface area contributed by atoms with Crippen LogP contribution in [0.3, 0.4) is 0 Å². The molecule has 0 saturated carbocycles. The molecule has 0 fully saturated rings. The molecule has 0 aliphatic carbocycles. The van der Waals surface area contributed by atoms with Gasteiger partial charge in [-0.15, -0.1) is 3.94 Å². The summed E-state index contributed by atoms with van der Waals surface area (Å²) in [7, 11) is 0. The van der Waals surface area contributed by atoms with Gasteiger partial charge in [-0.3, -0.25) is 0 Å². The Labute approximate surface area is 132 Å². The SMILES string of the molecule is CCCC(F)(F)CC/C(C)=C/CCCC(C)(C)N(Cl)Cl. The minimum absolute atomic E-state index is 0.0181. The van der Waals surface area contributed by atoms with Gasteiger partial charge in [0.15, 0.2) is 0 Å². The fourth-order valence-electron chi connectivity index (χ4n) is 1.94. The minimum atomic E-state index is -2.52. The quantitative estimate of drug-likeness (QED) is 0.244. The van der Waals surface area contributed by atoms with Crippen molar-refractivity contribution in [2.75, 3.05) is 0 Å². The molecule has 0 aliphatic heterocycles. The van der Waals surface area contributed by atoms with E-state index in [1.165, 1.54) is 3.94 Å². The van der Waals surface area contributed by atoms with Gasteiger partial charge in [0.25, 0.3) is 0 Å². The number of alkyl halides is 2. The molecule has 0 unspecified atom stereocenters. The van der Waals surface area contributed by atoms with Gasteiger partial charge in [0.1, 0.15) is 0 Å². The lowest BCUT2D eigenvalue weighted by atomic mass is 9.97. The molecule has 0 spiro atoms. The van der Waals surface area contributed by atoms with E-state index in [1.807, 2.05) is 26.8 Å². The van der Waals surface area contributed by atoms with Crippen LogP contribution >= 0.6 is 23.6 Å². The van der Waals surface area contributed by atoms with Crippen molar-refractivity contribution in [3.63, 3.8) is 0 Å². The molecule has 0 aliphatic rings. The first-order chi connectivity index (χ1) is 9.10. The highest BCUT2D eigenvalue weighted by atomic mass is 35.5. The average molecular weight is 330 g/mol. The first-order valence-corrected chi connectivity index (χ1v) is 7.93. The van der Waals surface area contributed by atoms with Crippen LogP contribution in [0.1, 0.15) is 72.6 Å². The second-order valence-corrected chi connectivity index (χ2v) is 6.94. The molecule has 0 radical (unpaired) electrons. The predicted octanol–water partition coefficient (Wildman–Crippen LogP) is 6.71. The van der Waals surface area contributed by atoms with Crippen LogP contribution in [0.4, 0.5) is 8.78 Å². The molecular weight excluding hydrogens is 303 g/mol. The van der Waals surface area contributed by atoms with E-state index in [2.05, 4.69) is 0 Å². The van der Waals surface area contributed by atoms with Gasteiger partial charge in [-0.1, -0.05) is 25.0 Å². The maximum atomic E-state index is 13.4. The van der Waals surface area contributed by atoms with Crippen LogP contribution in [0, 0.1) is 0 Å². The summed E-state index contributed by atoms with van der Waals surface area (Å²) in [6, 6.07) is 0. The fourth-order valence-corrected chi connectivity index (χ4v) is 2.11. The van der Waals surface area contributed by atoms with Gasteiger partial charge in [-0.05, 0) is 70.0 Å². The summed E-state index contributed by atoms with van der Waals surface area (Å²) in [5, 5.41) is 0. The number of rotatable bonds is 10. The van der Waals surface area contributed by atoms with Crippen molar-refractivity contribution in [1.29, 1.82) is 0 Å². The first-order valence-electron chi connectivity index (χ1n) is 7.26. The van der Waals surface area contributed by atoms with Crippen molar-refractivity contribution in [2.24, 2.45) is 0 Å². The minimum Gasteiger partial charge on any atom is -0.207 e. The number of unbranched alkanes of at least 4 members (excludes halogenated alkanes) is 1. The smallest absolute Gasteiger partial charge is 0.207 e. The summed E-state index contributed by atoms with van der Waals surface area (Å²) < 4.78 is 27.9. The number of nitrogens with zero attached hydrogens (tertiary/aromatic N) is 1. The molecule has 0 atom stereocenters. The molecule has 0 amide bonds. The molecule has 0 aromatic heterocycles. The fraction of sp³-hybridized carbons (Fsp3) is 0.867. The third-order valence-electron chi connectivity index (χ3n) is 3.44. The lowest BCUT2D eigenvalue weighted by Gasteiger charge is -2.27. The molecule has 0 bridgehead atoms. The number of hydrogen-bond acceptors (Lipinski definition) is 1. The lowest BCUT2D eigenvalue weighted by Crippen LogP contribution is -2.30. The third-order valence-corrected chi connectivity index (χ3v) is 4.36. The summed E-state index contributed by atoms with van der Waals surface area (Å²) in [6.45, 7) is 7.64. The number of halogens is 4. The van der Waals surface area contributed by atoms with Crippen molar-refractivity contribution in [1.82, 2.24) is 3.94 Å². The molecule has 0 aromatic carbocycles. The summed E-state index contributed by atoms with van der Waals surface area (Å²) in [5.74, 6) is -2.52. The Morgan fingerprint density at radius 2 is 1.75 bits per heavy atom. The van der Waals surface area contributed by atoms with Gasteiger partial charge < -0.3 is 0 Å². The van der Waals surface area contributed by atoms with E-state index in [0.717, 1.165) is 24.8 Å². The summed E-state index contributed by atoms with van der Waals surface area (Å²) in [5.41, 5.74) is 0.770. The van der Waals surface area contributed by atoms with Crippen LogP contribution in [0.15, 0.2) is 11.6 Å². The van der Waals surface area contributed by atoms with Gasteiger partial charge in [-0.25, -0.2) is 8.78 Å². The van der Waals surface area contributed by atoms with Crippen LogP contribution in [0.5, 0.6) is 0 Å². The highest BCUT2D eigenvalue weighted by Crippen LogP contribution is 2.28. The second-order valence-electron chi connectivity index (χ2n) is 6.09. The summed E-state index contributed by atoms with van der Waals surface area (Å²) in [4.78, 5) is 0. The molecule has 1 nitrogen and oxygen atoms in total. The van der Waals surface area contributed by atoms with Crippen LogP contribution in [-0.2, 0) is 0 Å². The van der Waals surface area contributed by atoms with Crippen molar-refractivity contribution in [3.8, 4) is 0 Å². The molecule has 0 N–H and O–H groups in total. The third kappa shape index (κ3) is 9.15. The van der Waals surface area contributed by atoms with E-state index in [1.54, 1.807) is 6.92 Å². The van der Waals surface area contributed by atoms with Crippen LogP contribution in [0.2, 0.25) is 0 Å². The molecule has 5 heteroatoms. The molecule has 120 valence electrons. The van der Waals surface area contributed by atoms with E-state index < -0.39 is 5.92 Å². The first kappa shape index (κ1) is 20.1. The topological polar surface area (TPSA) is 3.24 Å². The van der Waals surface area contributed by atoms with Gasteiger partial charge >= 0.3 is 0 Å². The van der Waals surface area contributed by atoms with Crippen molar-refractivity contribution < 1.29 is 8.78 Å². The zero-order chi connectivity index (χ0) is 15.8. The molecule has 20 heavy (non-hydrogen) atoms. The van der Waals surface area contributed by atoms with Crippen LogP contribution < -0.4 is 0 Å². The van der Waals surface area contributed by atoms with E-state index in [-0.39, 0.29) is 18.4 Å².